The number of hydrogen-bond acceptors (Lipinski definition) is 2. The molecule has 2 heteroatoms. The molecular formula is C13H18O2. The van der Waals surface area contributed by atoms with Gasteiger partial charge in [-0.05, 0) is 28.5 Å². The summed E-state index contributed by atoms with van der Waals surface area (Å²) in [7, 11) is 0. The van der Waals surface area contributed by atoms with Crippen molar-refractivity contribution in [3.05, 3.63) is 34.9 Å². The van der Waals surface area contributed by atoms with Crippen LogP contribution < -0.4 is 0 Å². The normalized spacial score (nSPS) is 15.4. The second kappa shape index (κ2) is 3.95. The fraction of sp³-hybridized carbons (Fsp3) is 0.538. The van der Waals surface area contributed by atoms with E-state index in [0.29, 0.717) is 0 Å². The summed E-state index contributed by atoms with van der Waals surface area (Å²) in [5, 5.41) is 9.03. The molecule has 1 aliphatic rings. The van der Waals surface area contributed by atoms with Crippen LogP contribution >= 0.6 is 0 Å². The lowest BCUT2D eigenvalue weighted by molar-refractivity contribution is 0.134. The molecule has 0 radical (unpaired) electrons. The van der Waals surface area contributed by atoms with Gasteiger partial charge in [-0.15, -0.1) is 0 Å². The molecule has 1 N–H and O–H groups in total. The zero-order chi connectivity index (χ0) is 10.9. The fourth-order valence-electron chi connectivity index (χ4n) is 2.02. The fourth-order valence-corrected chi connectivity index (χ4v) is 2.02. The largest absolute Gasteiger partial charge is 0.396 e. The SMILES string of the molecule is CC(C)(CCO)c1ccc2c(c1)COC2. The van der Waals surface area contributed by atoms with Crippen molar-refractivity contribution in [3.63, 3.8) is 0 Å². The first-order valence-electron chi connectivity index (χ1n) is 5.44. The molecule has 1 heterocycles. The van der Waals surface area contributed by atoms with E-state index in [1.807, 2.05) is 0 Å². The molecule has 0 saturated heterocycles. The predicted octanol–water partition coefficient (Wildman–Crippen LogP) is 2.38. The highest BCUT2D eigenvalue weighted by Crippen LogP contribution is 2.30. The van der Waals surface area contributed by atoms with E-state index in [2.05, 4.69) is 32.0 Å². The Labute approximate surface area is 90.9 Å². The van der Waals surface area contributed by atoms with Crippen molar-refractivity contribution in [2.24, 2.45) is 0 Å². The molecule has 1 aromatic rings. The first-order valence-corrected chi connectivity index (χ1v) is 5.44. The number of aliphatic hydroxyl groups excluding tert-OH is 1. The Morgan fingerprint density at radius 2 is 2.00 bits per heavy atom. The molecule has 0 saturated carbocycles. The minimum absolute atomic E-state index is 0.0480. The van der Waals surface area contributed by atoms with Crippen LogP contribution in [0.1, 0.15) is 37.0 Å². The standard InChI is InChI=1S/C13H18O2/c1-13(2,5-6-14)12-4-3-10-8-15-9-11(10)7-12/h3-4,7,14H,5-6,8-9H2,1-2H3. The van der Waals surface area contributed by atoms with E-state index in [1.54, 1.807) is 0 Å². The maximum absolute atomic E-state index is 9.03. The third kappa shape index (κ3) is 2.06. The highest BCUT2D eigenvalue weighted by atomic mass is 16.5. The van der Waals surface area contributed by atoms with Crippen molar-refractivity contribution in [1.82, 2.24) is 0 Å². The molecule has 0 aromatic heterocycles. The third-order valence-corrected chi connectivity index (χ3v) is 3.24. The molecule has 0 amide bonds. The zero-order valence-electron chi connectivity index (χ0n) is 9.42. The van der Waals surface area contributed by atoms with Gasteiger partial charge < -0.3 is 9.84 Å². The van der Waals surface area contributed by atoms with Crippen molar-refractivity contribution in [2.75, 3.05) is 6.61 Å². The van der Waals surface area contributed by atoms with Crippen LogP contribution in [0, 0.1) is 0 Å². The van der Waals surface area contributed by atoms with Gasteiger partial charge in [0.2, 0.25) is 0 Å². The van der Waals surface area contributed by atoms with Crippen molar-refractivity contribution in [2.45, 2.75) is 38.9 Å². The summed E-state index contributed by atoms with van der Waals surface area (Å²) >= 11 is 0. The summed E-state index contributed by atoms with van der Waals surface area (Å²) in [6, 6.07) is 6.53. The topological polar surface area (TPSA) is 29.5 Å². The number of rotatable bonds is 3. The highest BCUT2D eigenvalue weighted by Gasteiger charge is 2.22. The summed E-state index contributed by atoms with van der Waals surface area (Å²) in [5.74, 6) is 0. The van der Waals surface area contributed by atoms with Gasteiger partial charge >= 0.3 is 0 Å². The minimum atomic E-state index is 0.0480. The van der Waals surface area contributed by atoms with Gasteiger partial charge in [-0.25, -0.2) is 0 Å². The van der Waals surface area contributed by atoms with Gasteiger partial charge in [-0.2, -0.15) is 0 Å². The molecule has 1 aliphatic heterocycles. The third-order valence-electron chi connectivity index (χ3n) is 3.24. The summed E-state index contributed by atoms with van der Waals surface area (Å²) < 4.78 is 5.39. The number of hydrogen-bond donors (Lipinski definition) is 1. The van der Waals surface area contributed by atoms with Gasteiger partial charge in [-0.1, -0.05) is 32.0 Å². The molecule has 15 heavy (non-hydrogen) atoms. The van der Waals surface area contributed by atoms with Crippen LogP contribution in [0.5, 0.6) is 0 Å². The van der Waals surface area contributed by atoms with E-state index < -0.39 is 0 Å². The van der Waals surface area contributed by atoms with E-state index in [-0.39, 0.29) is 12.0 Å². The quantitative estimate of drug-likeness (QED) is 0.822. The van der Waals surface area contributed by atoms with Crippen LogP contribution in [0.4, 0.5) is 0 Å². The maximum Gasteiger partial charge on any atom is 0.0725 e. The molecule has 0 unspecified atom stereocenters. The second-order valence-electron chi connectivity index (χ2n) is 4.83. The minimum Gasteiger partial charge on any atom is -0.396 e. The Morgan fingerprint density at radius 3 is 2.73 bits per heavy atom. The molecule has 0 spiro atoms. The lowest BCUT2D eigenvalue weighted by Crippen LogP contribution is -2.19. The molecule has 1 aromatic carbocycles. The molecular weight excluding hydrogens is 188 g/mol. The maximum atomic E-state index is 9.03. The first kappa shape index (κ1) is 10.7. The summed E-state index contributed by atoms with van der Waals surface area (Å²) in [6.45, 7) is 6.05. The Bertz CT molecular complexity index is 356. The van der Waals surface area contributed by atoms with Crippen molar-refractivity contribution in [3.8, 4) is 0 Å². The number of ether oxygens (including phenoxy) is 1. The molecule has 0 fully saturated rings. The van der Waals surface area contributed by atoms with Gasteiger partial charge in [0.1, 0.15) is 0 Å². The number of fused-ring (bicyclic) bond motifs is 1. The van der Waals surface area contributed by atoms with Crippen LogP contribution in [-0.2, 0) is 23.4 Å². The molecule has 82 valence electrons. The van der Waals surface area contributed by atoms with Crippen molar-refractivity contribution in [1.29, 1.82) is 0 Å². The smallest absolute Gasteiger partial charge is 0.0725 e. The summed E-state index contributed by atoms with van der Waals surface area (Å²) in [5.41, 5.74) is 3.95. The highest BCUT2D eigenvalue weighted by molar-refractivity contribution is 5.36. The first-order chi connectivity index (χ1) is 7.13. The van der Waals surface area contributed by atoms with Crippen molar-refractivity contribution < 1.29 is 9.84 Å². The van der Waals surface area contributed by atoms with Crippen LogP contribution in [0.3, 0.4) is 0 Å². The monoisotopic (exact) mass is 206 g/mol. The average molecular weight is 206 g/mol. The van der Waals surface area contributed by atoms with Gasteiger partial charge in [0, 0.05) is 6.61 Å². The lowest BCUT2D eigenvalue weighted by Gasteiger charge is -2.24. The Balaban J connectivity index is 2.29. The Hall–Kier alpha value is -0.860. The molecule has 0 bridgehead atoms. The summed E-state index contributed by atoms with van der Waals surface area (Å²) in [4.78, 5) is 0. The van der Waals surface area contributed by atoms with Crippen LogP contribution in [0.2, 0.25) is 0 Å². The molecule has 0 aliphatic carbocycles. The average Bonchev–Trinajstić information content (AvgIpc) is 2.63. The second-order valence-corrected chi connectivity index (χ2v) is 4.83. The van der Waals surface area contributed by atoms with Gasteiger partial charge in [0.25, 0.3) is 0 Å². The van der Waals surface area contributed by atoms with Gasteiger partial charge in [0.05, 0.1) is 13.2 Å². The van der Waals surface area contributed by atoms with E-state index >= 15 is 0 Å². The van der Waals surface area contributed by atoms with E-state index in [0.717, 1.165) is 19.6 Å². The van der Waals surface area contributed by atoms with Crippen LogP contribution in [-0.4, -0.2) is 11.7 Å². The Kier molecular flexibility index (Phi) is 2.81. The number of benzene rings is 1. The molecule has 0 atom stereocenters. The molecule has 2 nitrogen and oxygen atoms in total. The lowest BCUT2D eigenvalue weighted by atomic mass is 9.81. The van der Waals surface area contributed by atoms with E-state index in [1.165, 1.54) is 16.7 Å². The molecule has 2 rings (SSSR count). The van der Waals surface area contributed by atoms with Crippen LogP contribution in [0.25, 0.3) is 0 Å². The van der Waals surface area contributed by atoms with E-state index in [9.17, 15) is 0 Å². The van der Waals surface area contributed by atoms with Crippen molar-refractivity contribution >= 4 is 0 Å². The van der Waals surface area contributed by atoms with Crippen LogP contribution in [0.15, 0.2) is 18.2 Å². The Morgan fingerprint density at radius 1 is 1.27 bits per heavy atom. The van der Waals surface area contributed by atoms with Gasteiger partial charge in [0.15, 0.2) is 0 Å². The number of aliphatic hydroxyl groups is 1. The zero-order valence-corrected chi connectivity index (χ0v) is 9.42. The van der Waals surface area contributed by atoms with Gasteiger partial charge in [-0.3, -0.25) is 0 Å². The predicted molar refractivity (Wildman–Crippen MR) is 59.7 cm³/mol. The van der Waals surface area contributed by atoms with E-state index in [4.69, 9.17) is 9.84 Å². The summed E-state index contributed by atoms with van der Waals surface area (Å²) in [6.07, 6.45) is 0.798.